The van der Waals surface area contributed by atoms with Crippen molar-refractivity contribution in [3.05, 3.63) is 50.7 Å². The maximum atomic E-state index is 11.4. The zero-order valence-corrected chi connectivity index (χ0v) is 11.8. The fourth-order valence-corrected chi connectivity index (χ4v) is 2.23. The Bertz CT molecular complexity index is 664. The minimum absolute atomic E-state index is 0.264. The van der Waals surface area contributed by atoms with E-state index in [2.05, 4.69) is 15.2 Å². The molecule has 0 fully saturated rings. The maximum absolute atomic E-state index is 11.4. The molecule has 2 rings (SSSR count). The Kier molecular flexibility index (Phi) is 5.00. The number of H-pyrrole nitrogens is 2. The maximum Gasteiger partial charge on any atom is 0.342 e. The Morgan fingerprint density at radius 1 is 1.25 bits per heavy atom. The van der Waals surface area contributed by atoms with Crippen LogP contribution in [0.15, 0.2) is 38.9 Å². The summed E-state index contributed by atoms with van der Waals surface area (Å²) in [6.45, 7) is 2.59. The molecule has 0 saturated heterocycles. The monoisotopic (exact) mass is 293 g/mol. The summed E-state index contributed by atoms with van der Waals surface area (Å²) in [4.78, 5) is 24.3. The summed E-state index contributed by atoms with van der Waals surface area (Å²) in [5.41, 5.74) is 0.136. The van der Waals surface area contributed by atoms with E-state index in [9.17, 15) is 9.59 Å². The molecule has 0 radical (unpaired) electrons. The van der Waals surface area contributed by atoms with E-state index >= 15 is 0 Å². The zero-order valence-electron chi connectivity index (χ0n) is 11.0. The van der Waals surface area contributed by atoms with Gasteiger partial charge in [0, 0.05) is 5.75 Å². The van der Waals surface area contributed by atoms with Crippen molar-refractivity contribution in [3.63, 3.8) is 0 Å². The molecule has 20 heavy (non-hydrogen) atoms. The summed E-state index contributed by atoms with van der Waals surface area (Å²) in [7, 11) is 0. The molecule has 106 valence electrons. The summed E-state index contributed by atoms with van der Waals surface area (Å²) in [6.07, 6.45) is 0.777. The van der Waals surface area contributed by atoms with Gasteiger partial charge in [-0.1, -0.05) is 29.5 Å². The number of aromatic nitrogens is 3. The molecule has 1 aromatic carbocycles. The standard InChI is InChI=1S/C13H15N3O3S/c1-9-3-5-10(6-4-9)19-7-2-8-20-12-11(17)14-13(18)16-15-12/h3-6H,2,7-8H2,1H3,(H2,14,16,17,18). The highest BCUT2D eigenvalue weighted by Crippen LogP contribution is 2.13. The molecule has 2 N–H and O–H groups in total. The average molecular weight is 293 g/mol. The Morgan fingerprint density at radius 2 is 2.00 bits per heavy atom. The largest absolute Gasteiger partial charge is 0.494 e. The number of nitrogens with one attached hydrogen (secondary N) is 2. The van der Waals surface area contributed by atoms with Gasteiger partial charge in [-0.15, -0.1) is 0 Å². The van der Waals surface area contributed by atoms with Crippen LogP contribution < -0.4 is 16.0 Å². The molecule has 0 aliphatic heterocycles. The van der Waals surface area contributed by atoms with Crippen LogP contribution in [0.4, 0.5) is 0 Å². The lowest BCUT2D eigenvalue weighted by Gasteiger charge is -2.05. The van der Waals surface area contributed by atoms with Gasteiger partial charge in [-0.05, 0) is 25.5 Å². The van der Waals surface area contributed by atoms with Gasteiger partial charge in [0.15, 0.2) is 5.03 Å². The van der Waals surface area contributed by atoms with Gasteiger partial charge in [0.05, 0.1) is 6.61 Å². The van der Waals surface area contributed by atoms with Crippen LogP contribution in [0.5, 0.6) is 5.75 Å². The molecule has 6 nitrogen and oxygen atoms in total. The van der Waals surface area contributed by atoms with E-state index < -0.39 is 11.2 Å². The van der Waals surface area contributed by atoms with Crippen molar-refractivity contribution in [3.8, 4) is 5.75 Å². The zero-order chi connectivity index (χ0) is 14.4. The first-order valence-corrected chi connectivity index (χ1v) is 7.15. The van der Waals surface area contributed by atoms with E-state index in [0.29, 0.717) is 12.4 Å². The molecular weight excluding hydrogens is 278 g/mol. The van der Waals surface area contributed by atoms with E-state index in [0.717, 1.165) is 12.2 Å². The quantitative estimate of drug-likeness (QED) is 0.619. The highest BCUT2D eigenvalue weighted by Gasteiger charge is 2.02. The second kappa shape index (κ2) is 6.95. The Labute approximate surface area is 119 Å². The van der Waals surface area contributed by atoms with Crippen molar-refractivity contribution >= 4 is 11.8 Å². The molecule has 1 heterocycles. The lowest BCUT2D eigenvalue weighted by molar-refractivity contribution is 0.318. The van der Waals surface area contributed by atoms with Crippen molar-refractivity contribution in [2.24, 2.45) is 0 Å². The van der Waals surface area contributed by atoms with Crippen LogP contribution in [-0.4, -0.2) is 27.5 Å². The number of aryl methyl sites for hydroxylation is 1. The first-order chi connectivity index (χ1) is 9.65. The number of ether oxygens (including phenoxy) is 1. The first kappa shape index (κ1) is 14.4. The predicted molar refractivity (Wildman–Crippen MR) is 77.5 cm³/mol. The second-order valence-corrected chi connectivity index (χ2v) is 5.26. The molecular formula is C13H15N3O3S. The Balaban J connectivity index is 1.72. The fourth-order valence-electron chi connectivity index (χ4n) is 1.49. The van der Waals surface area contributed by atoms with E-state index in [4.69, 9.17) is 4.74 Å². The van der Waals surface area contributed by atoms with Crippen molar-refractivity contribution in [1.29, 1.82) is 0 Å². The highest BCUT2D eigenvalue weighted by molar-refractivity contribution is 7.99. The molecule has 0 saturated carbocycles. The molecule has 0 spiro atoms. The number of hydrogen-bond acceptors (Lipinski definition) is 5. The van der Waals surface area contributed by atoms with Crippen LogP contribution in [0, 0.1) is 6.92 Å². The smallest absolute Gasteiger partial charge is 0.342 e. The van der Waals surface area contributed by atoms with Crippen LogP contribution in [0.2, 0.25) is 0 Å². The predicted octanol–water partition coefficient (Wildman–Crippen LogP) is 1.33. The summed E-state index contributed by atoms with van der Waals surface area (Å²) in [5, 5.41) is 6.15. The Hall–Kier alpha value is -2.02. The highest BCUT2D eigenvalue weighted by atomic mass is 32.2. The Morgan fingerprint density at radius 3 is 2.70 bits per heavy atom. The van der Waals surface area contributed by atoms with Crippen LogP contribution in [0.1, 0.15) is 12.0 Å². The third-order valence-corrected chi connectivity index (χ3v) is 3.54. The van der Waals surface area contributed by atoms with Crippen LogP contribution in [-0.2, 0) is 0 Å². The van der Waals surface area contributed by atoms with E-state index in [1.54, 1.807) is 0 Å². The van der Waals surface area contributed by atoms with Gasteiger partial charge < -0.3 is 4.74 Å². The number of nitrogens with zero attached hydrogens (tertiary/aromatic N) is 1. The number of aromatic amines is 2. The van der Waals surface area contributed by atoms with Gasteiger partial charge in [-0.25, -0.2) is 9.89 Å². The molecule has 7 heteroatoms. The summed E-state index contributed by atoms with van der Waals surface area (Å²) < 4.78 is 5.57. The van der Waals surface area contributed by atoms with Crippen LogP contribution in [0.25, 0.3) is 0 Å². The summed E-state index contributed by atoms with van der Waals surface area (Å²) >= 11 is 1.29. The summed E-state index contributed by atoms with van der Waals surface area (Å²) in [5.74, 6) is 1.52. The molecule has 0 aliphatic rings. The number of rotatable bonds is 6. The summed E-state index contributed by atoms with van der Waals surface area (Å²) in [6, 6.07) is 7.84. The SMILES string of the molecule is Cc1ccc(OCCCSc2n[nH]c(=O)[nH]c2=O)cc1. The lowest BCUT2D eigenvalue weighted by Crippen LogP contribution is -2.25. The molecule has 0 aliphatic carbocycles. The van der Waals surface area contributed by atoms with E-state index in [1.165, 1.54) is 17.3 Å². The van der Waals surface area contributed by atoms with Crippen LogP contribution in [0.3, 0.4) is 0 Å². The minimum Gasteiger partial charge on any atom is -0.494 e. The number of hydrogen-bond donors (Lipinski definition) is 2. The van der Waals surface area contributed by atoms with Gasteiger partial charge in [-0.2, -0.15) is 5.10 Å². The van der Waals surface area contributed by atoms with Crippen LogP contribution >= 0.6 is 11.8 Å². The molecule has 0 atom stereocenters. The van der Waals surface area contributed by atoms with Crippen molar-refractivity contribution in [1.82, 2.24) is 15.2 Å². The van der Waals surface area contributed by atoms with Gasteiger partial charge in [-0.3, -0.25) is 9.78 Å². The van der Waals surface area contributed by atoms with Gasteiger partial charge in [0.1, 0.15) is 5.75 Å². The van der Waals surface area contributed by atoms with Crippen molar-refractivity contribution < 1.29 is 4.74 Å². The molecule has 1 aromatic heterocycles. The molecule has 0 amide bonds. The third kappa shape index (κ3) is 4.27. The van der Waals surface area contributed by atoms with Gasteiger partial charge in [0.25, 0.3) is 5.56 Å². The first-order valence-electron chi connectivity index (χ1n) is 6.16. The number of benzene rings is 1. The van der Waals surface area contributed by atoms with Crippen molar-refractivity contribution in [2.45, 2.75) is 18.4 Å². The van der Waals surface area contributed by atoms with Gasteiger partial charge >= 0.3 is 5.69 Å². The fraction of sp³-hybridized carbons (Fsp3) is 0.308. The third-order valence-electron chi connectivity index (χ3n) is 2.50. The van der Waals surface area contributed by atoms with Crippen molar-refractivity contribution in [2.75, 3.05) is 12.4 Å². The van der Waals surface area contributed by atoms with E-state index in [-0.39, 0.29) is 5.03 Å². The van der Waals surface area contributed by atoms with Gasteiger partial charge in [0.2, 0.25) is 0 Å². The minimum atomic E-state index is -0.595. The van der Waals surface area contributed by atoms with E-state index in [1.807, 2.05) is 31.2 Å². The molecule has 0 bridgehead atoms. The lowest BCUT2D eigenvalue weighted by atomic mass is 10.2. The molecule has 2 aromatic rings. The molecule has 0 unspecified atom stereocenters. The average Bonchev–Trinajstić information content (AvgIpc) is 2.42. The topological polar surface area (TPSA) is 87.8 Å². The normalized spacial score (nSPS) is 10.4. The number of thioether (sulfide) groups is 1. The second-order valence-electron chi connectivity index (χ2n) is 4.18.